The predicted octanol–water partition coefficient (Wildman–Crippen LogP) is 5.18. The van der Waals surface area contributed by atoms with Gasteiger partial charge in [-0.1, -0.05) is 69.7 Å². The number of aryl methyl sites for hydroxylation is 1. The van der Waals surface area contributed by atoms with Crippen molar-refractivity contribution in [3.8, 4) is 5.75 Å². The van der Waals surface area contributed by atoms with Crippen LogP contribution in [-0.2, 0) is 9.59 Å². The van der Waals surface area contributed by atoms with E-state index in [1.54, 1.807) is 17.0 Å². The molecule has 1 fully saturated rings. The van der Waals surface area contributed by atoms with Crippen molar-refractivity contribution in [3.05, 3.63) is 70.8 Å². The van der Waals surface area contributed by atoms with Crippen LogP contribution in [0.4, 0.5) is 0 Å². The Morgan fingerprint density at radius 1 is 1.09 bits per heavy atom. The number of likely N-dealkylation sites (tertiary alicyclic amines) is 1. The van der Waals surface area contributed by atoms with Crippen molar-refractivity contribution in [2.75, 3.05) is 32.8 Å². The van der Waals surface area contributed by atoms with E-state index < -0.39 is 17.7 Å². The Hall–Kier alpha value is -3.12. The number of carbonyl (C=O) groups excluding carboxylic acids is 2. The van der Waals surface area contributed by atoms with Gasteiger partial charge >= 0.3 is 0 Å². The normalized spacial score (nSPS) is 17.6. The summed E-state index contributed by atoms with van der Waals surface area (Å²) in [5.41, 5.74) is 2.44. The second kappa shape index (κ2) is 12.0. The number of Topliss-reactive ketones (excluding diaryl/α,β-unsaturated/α-hetero) is 1. The molecule has 2 aromatic rings. The highest BCUT2D eigenvalue weighted by atomic mass is 16.5. The Morgan fingerprint density at radius 2 is 1.77 bits per heavy atom. The van der Waals surface area contributed by atoms with Crippen LogP contribution in [0.5, 0.6) is 5.75 Å². The fourth-order valence-electron chi connectivity index (χ4n) is 4.30. The Labute approximate surface area is 209 Å². The van der Waals surface area contributed by atoms with Crippen LogP contribution in [0, 0.1) is 12.8 Å². The molecule has 1 amide bonds. The molecule has 1 saturated heterocycles. The molecule has 1 aliphatic heterocycles. The van der Waals surface area contributed by atoms with Crippen LogP contribution in [0.3, 0.4) is 0 Å². The monoisotopic (exact) mass is 478 g/mol. The van der Waals surface area contributed by atoms with Crippen LogP contribution >= 0.6 is 0 Å². The summed E-state index contributed by atoms with van der Waals surface area (Å²) in [7, 11) is 0. The van der Waals surface area contributed by atoms with E-state index in [0.717, 1.165) is 30.6 Å². The summed E-state index contributed by atoms with van der Waals surface area (Å²) in [6.45, 7) is 13.7. The van der Waals surface area contributed by atoms with Crippen LogP contribution in [-0.4, -0.2) is 59.4 Å². The smallest absolute Gasteiger partial charge is 0.295 e. The average Bonchev–Trinajstić information content (AvgIpc) is 3.09. The minimum Gasteiger partial charge on any atom is -0.507 e. The third-order valence-corrected chi connectivity index (χ3v) is 6.55. The summed E-state index contributed by atoms with van der Waals surface area (Å²) in [5, 5.41) is 11.2. The number of carbonyl (C=O) groups is 2. The molecule has 0 aliphatic carbocycles. The standard InChI is InChI=1S/C29H38N2O4/c1-6-30(7-2)16-17-31-26(23-9-8-10-24(19-23)35-18-15-20(3)4)25(28(33)29(31)34)27(32)22-13-11-21(5)12-14-22/h8-14,19-20,26,32H,6-7,15-18H2,1-5H3. The zero-order valence-corrected chi connectivity index (χ0v) is 21.6. The third-order valence-electron chi connectivity index (χ3n) is 6.55. The molecule has 0 aromatic heterocycles. The highest BCUT2D eigenvalue weighted by Gasteiger charge is 2.46. The highest BCUT2D eigenvalue weighted by Crippen LogP contribution is 2.40. The van der Waals surface area contributed by atoms with Crippen molar-refractivity contribution >= 4 is 17.4 Å². The fraction of sp³-hybridized carbons (Fsp3) is 0.448. The van der Waals surface area contributed by atoms with Crippen molar-refractivity contribution in [1.29, 1.82) is 0 Å². The van der Waals surface area contributed by atoms with Gasteiger partial charge in [0.15, 0.2) is 0 Å². The van der Waals surface area contributed by atoms with Gasteiger partial charge in [-0.3, -0.25) is 9.59 Å². The summed E-state index contributed by atoms with van der Waals surface area (Å²) in [5.74, 6) is -0.168. The van der Waals surface area contributed by atoms with Gasteiger partial charge in [0.1, 0.15) is 11.5 Å². The summed E-state index contributed by atoms with van der Waals surface area (Å²) >= 11 is 0. The number of nitrogens with zero attached hydrogens (tertiary/aromatic N) is 2. The van der Waals surface area contributed by atoms with Gasteiger partial charge in [-0.2, -0.15) is 0 Å². The van der Waals surface area contributed by atoms with Crippen LogP contribution in [0.15, 0.2) is 54.1 Å². The fourth-order valence-corrected chi connectivity index (χ4v) is 4.30. The maximum Gasteiger partial charge on any atom is 0.295 e. The number of ketones is 1. The average molecular weight is 479 g/mol. The maximum atomic E-state index is 13.2. The Morgan fingerprint density at radius 3 is 2.40 bits per heavy atom. The van der Waals surface area contributed by atoms with Crippen LogP contribution in [0.1, 0.15) is 56.8 Å². The van der Waals surface area contributed by atoms with Crippen LogP contribution in [0.2, 0.25) is 0 Å². The van der Waals surface area contributed by atoms with Gasteiger partial charge in [0.2, 0.25) is 0 Å². The molecule has 1 unspecified atom stereocenters. The molecular formula is C29H38N2O4. The molecule has 1 aliphatic rings. The lowest BCUT2D eigenvalue weighted by Gasteiger charge is -2.28. The van der Waals surface area contributed by atoms with Crippen molar-refractivity contribution in [1.82, 2.24) is 9.80 Å². The highest BCUT2D eigenvalue weighted by molar-refractivity contribution is 6.46. The number of amides is 1. The Balaban J connectivity index is 2.04. The largest absolute Gasteiger partial charge is 0.507 e. The van der Waals surface area contributed by atoms with E-state index in [1.807, 2.05) is 43.3 Å². The number of benzene rings is 2. The first-order chi connectivity index (χ1) is 16.8. The van der Waals surface area contributed by atoms with Crippen molar-refractivity contribution in [3.63, 3.8) is 0 Å². The van der Waals surface area contributed by atoms with E-state index in [9.17, 15) is 14.7 Å². The molecule has 1 atom stereocenters. The molecule has 2 aromatic carbocycles. The number of rotatable bonds is 11. The molecule has 1 heterocycles. The SMILES string of the molecule is CCN(CC)CCN1C(=O)C(=O)C(=C(O)c2ccc(C)cc2)C1c1cccc(OCCC(C)C)c1. The molecule has 6 heteroatoms. The van der Waals surface area contributed by atoms with Crippen LogP contribution < -0.4 is 4.74 Å². The lowest BCUT2D eigenvalue weighted by atomic mass is 9.95. The molecule has 6 nitrogen and oxygen atoms in total. The molecule has 188 valence electrons. The second-order valence-electron chi connectivity index (χ2n) is 9.49. The lowest BCUT2D eigenvalue weighted by molar-refractivity contribution is -0.140. The molecule has 35 heavy (non-hydrogen) atoms. The molecular weight excluding hydrogens is 440 g/mol. The first-order valence-corrected chi connectivity index (χ1v) is 12.6. The van der Waals surface area contributed by atoms with Gasteiger partial charge in [-0.15, -0.1) is 0 Å². The summed E-state index contributed by atoms with van der Waals surface area (Å²) in [4.78, 5) is 30.2. The van der Waals surface area contributed by atoms with Crippen LogP contribution in [0.25, 0.3) is 5.76 Å². The van der Waals surface area contributed by atoms with E-state index in [2.05, 4.69) is 32.6 Å². The molecule has 0 bridgehead atoms. The zero-order valence-electron chi connectivity index (χ0n) is 21.6. The maximum absolute atomic E-state index is 13.2. The van der Waals surface area contributed by atoms with E-state index >= 15 is 0 Å². The summed E-state index contributed by atoms with van der Waals surface area (Å²) < 4.78 is 5.96. The van der Waals surface area contributed by atoms with E-state index in [-0.39, 0.29) is 11.3 Å². The topological polar surface area (TPSA) is 70.1 Å². The van der Waals surface area contributed by atoms with Gasteiger partial charge in [-0.25, -0.2) is 0 Å². The van der Waals surface area contributed by atoms with Gasteiger partial charge in [0, 0.05) is 18.7 Å². The van der Waals surface area contributed by atoms with Gasteiger partial charge in [0.25, 0.3) is 11.7 Å². The lowest BCUT2D eigenvalue weighted by Crippen LogP contribution is -2.38. The number of aliphatic hydroxyl groups is 1. The minimum atomic E-state index is -0.680. The molecule has 0 saturated carbocycles. The van der Waals surface area contributed by atoms with Gasteiger partial charge in [-0.05, 0) is 50.0 Å². The third kappa shape index (κ3) is 6.31. The van der Waals surface area contributed by atoms with E-state index in [0.29, 0.717) is 36.9 Å². The number of aliphatic hydroxyl groups excluding tert-OH is 1. The second-order valence-corrected chi connectivity index (χ2v) is 9.49. The first kappa shape index (κ1) is 26.5. The number of hydrogen-bond donors (Lipinski definition) is 1. The van der Waals surface area contributed by atoms with E-state index in [4.69, 9.17) is 4.74 Å². The van der Waals surface area contributed by atoms with E-state index in [1.165, 1.54) is 0 Å². The number of likely N-dealkylation sites (N-methyl/N-ethyl adjacent to an activating group) is 1. The Bertz CT molecular complexity index is 1050. The molecule has 1 N–H and O–H groups in total. The predicted molar refractivity (Wildman–Crippen MR) is 139 cm³/mol. The molecule has 0 spiro atoms. The number of ether oxygens (including phenoxy) is 1. The quantitative estimate of drug-likeness (QED) is 0.274. The van der Waals surface area contributed by atoms with Crippen molar-refractivity contribution < 1.29 is 19.4 Å². The van der Waals surface area contributed by atoms with Crippen molar-refractivity contribution in [2.45, 2.75) is 47.1 Å². The van der Waals surface area contributed by atoms with Crippen molar-refractivity contribution in [2.24, 2.45) is 5.92 Å². The zero-order chi connectivity index (χ0) is 25.5. The number of hydrogen-bond acceptors (Lipinski definition) is 5. The Kier molecular flexibility index (Phi) is 9.10. The molecule has 3 rings (SSSR count). The first-order valence-electron chi connectivity index (χ1n) is 12.6. The minimum absolute atomic E-state index is 0.123. The summed E-state index contributed by atoms with van der Waals surface area (Å²) in [6, 6.07) is 14.1. The molecule has 0 radical (unpaired) electrons. The van der Waals surface area contributed by atoms with Gasteiger partial charge in [0.05, 0.1) is 18.2 Å². The van der Waals surface area contributed by atoms with Gasteiger partial charge < -0.3 is 19.6 Å². The summed E-state index contributed by atoms with van der Waals surface area (Å²) in [6.07, 6.45) is 0.931.